The molecule has 3 unspecified atom stereocenters. The number of carbonyl (C=O) groups is 2. The number of esters is 1. The van der Waals surface area contributed by atoms with E-state index in [9.17, 15) is 9.59 Å². The first-order valence-corrected chi connectivity index (χ1v) is 7.83. The average Bonchev–Trinajstić information content (AvgIpc) is 3.38. The molecule has 1 amide bonds. The number of amides is 1. The number of hydrogen-bond acceptors (Lipinski definition) is 4. The van der Waals surface area contributed by atoms with Gasteiger partial charge in [0.1, 0.15) is 12.6 Å². The molecule has 5 nitrogen and oxygen atoms in total. The summed E-state index contributed by atoms with van der Waals surface area (Å²) in [4.78, 5) is 22.4. The van der Waals surface area contributed by atoms with Crippen LogP contribution in [0.1, 0.15) is 31.4 Å². The number of hydrogen-bond donors (Lipinski definition) is 1. The van der Waals surface area contributed by atoms with Gasteiger partial charge in [0.2, 0.25) is 5.91 Å². The smallest absolute Gasteiger partial charge is 0.325 e. The zero-order valence-electron chi connectivity index (χ0n) is 13.5. The lowest BCUT2D eigenvalue weighted by atomic mass is 9.97. The molecule has 5 heteroatoms. The third kappa shape index (κ3) is 5.53. The van der Waals surface area contributed by atoms with Gasteiger partial charge in [0, 0.05) is 0 Å². The second kappa shape index (κ2) is 8.48. The minimum absolute atomic E-state index is 0.106. The Labute approximate surface area is 136 Å². The topological polar surface area (TPSA) is 67.9 Å². The Hall–Kier alpha value is -2.14. The van der Waals surface area contributed by atoms with E-state index in [0.717, 1.165) is 12.8 Å². The van der Waals surface area contributed by atoms with E-state index in [4.69, 9.17) is 4.74 Å². The summed E-state index contributed by atoms with van der Waals surface area (Å²) < 4.78 is 10.2. The molecule has 1 heterocycles. The van der Waals surface area contributed by atoms with Crippen LogP contribution in [0.3, 0.4) is 0 Å². The van der Waals surface area contributed by atoms with E-state index < -0.39 is 5.97 Å². The molecule has 0 bridgehead atoms. The molecule has 0 spiro atoms. The Kier molecular flexibility index (Phi) is 6.35. The third-order valence-corrected chi connectivity index (χ3v) is 3.91. The molecule has 0 radical (unpaired) electrons. The highest BCUT2D eigenvalue weighted by molar-refractivity contribution is 5.90. The highest BCUT2D eigenvalue weighted by Crippen LogP contribution is 2.44. The van der Waals surface area contributed by atoms with Crippen molar-refractivity contribution in [2.24, 2.45) is 5.92 Å². The van der Waals surface area contributed by atoms with Gasteiger partial charge in [0.15, 0.2) is 0 Å². The van der Waals surface area contributed by atoms with Crippen LogP contribution in [-0.4, -0.2) is 31.6 Å². The monoisotopic (exact) mass is 317 g/mol. The van der Waals surface area contributed by atoms with E-state index in [2.05, 4.69) is 29.1 Å². The molecule has 124 valence electrons. The van der Waals surface area contributed by atoms with Crippen molar-refractivity contribution in [2.45, 2.75) is 32.0 Å². The average molecular weight is 317 g/mol. The molecule has 2 rings (SSSR count). The molecule has 0 aliphatic carbocycles. The van der Waals surface area contributed by atoms with Crippen LogP contribution in [0.15, 0.2) is 42.5 Å². The summed E-state index contributed by atoms with van der Waals surface area (Å²) in [7, 11) is 1.29. The molecule has 1 aliphatic heterocycles. The molecule has 0 saturated carbocycles. The summed E-state index contributed by atoms with van der Waals surface area (Å²) in [6.07, 6.45) is 5.50. The maximum Gasteiger partial charge on any atom is 0.325 e. The van der Waals surface area contributed by atoms with Crippen LogP contribution < -0.4 is 5.32 Å². The van der Waals surface area contributed by atoms with E-state index in [-0.39, 0.29) is 24.7 Å². The second-order valence-electron chi connectivity index (χ2n) is 5.68. The van der Waals surface area contributed by atoms with Crippen LogP contribution >= 0.6 is 0 Å². The predicted octanol–water partition coefficient (Wildman–Crippen LogP) is 2.39. The van der Waals surface area contributed by atoms with Crippen LogP contribution in [0.4, 0.5) is 0 Å². The first-order valence-electron chi connectivity index (χ1n) is 7.83. The third-order valence-electron chi connectivity index (χ3n) is 3.91. The van der Waals surface area contributed by atoms with Gasteiger partial charge in [0.05, 0.1) is 13.2 Å². The van der Waals surface area contributed by atoms with Crippen molar-refractivity contribution < 1.29 is 19.1 Å². The van der Waals surface area contributed by atoms with Crippen LogP contribution in [0.5, 0.6) is 0 Å². The van der Waals surface area contributed by atoms with Crippen molar-refractivity contribution in [3.8, 4) is 0 Å². The molecular formula is C18H23NO4. The number of methoxy groups -OCH3 is 1. The summed E-state index contributed by atoms with van der Waals surface area (Å²) in [5, 5.41) is 2.46. The quantitative estimate of drug-likeness (QED) is 0.454. The Morgan fingerprint density at radius 1 is 1.35 bits per heavy atom. The summed E-state index contributed by atoms with van der Waals surface area (Å²) in [6, 6.07) is 10.2. The van der Waals surface area contributed by atoms with Crippen molar-refractivity contribution in [3.63, 3.8) is 0 Å². The van der Waals surface area contributed by atoms with Crippen LogP contribution in [0, 0.1) is 5.92 Å². The molecule has 23 heavy (non-hydrogen) atoms. The number of epoxide rings is 1. The summed E-state index contributed by atoms with van der Waals surface area (Å²) >= 11 is 0. The van der Waals surface area contributed by atoms with Crippen LogP contribution in [0.25, 0.3) is 0 Å². The van der Waals surface area contributed by atoms with E-state index in [1.807, 2.05) is 24.3 Å². The summed E-state index contributed by atoms with van der Waals surface area (Å²) in [5.74, 6) is -0.311. The van der Waals surface area contributed by atoms with Gasteiger partial charge in [-0.2, -0.15) is 0 Å². The number of benzene rings is 1. The van der Waals surface area contributed by atoms with E-state index in [1.165, 1.54) is 18.7 Å². The number of nitrogens with one attached hydrogen (secondary N) is 1. The van der Waals surface area contributed by atoms with Crippen molar-refractivity contribution in [1.82, 2.24) is 5.32 Å². The highest BCUT2D eigenvalue weighted by Gasteiger charge is 2.43. The van der Waals surface area contributed by atoms with Crippen molar-refractivity contribution in [1.29, 1.82) is 0 Å². The molecule has 0 aromatic heterocycles. The minimum atomic E-state index is -0.460. The fraction of sp³-hybridized carbons (Fsp3) is 0.444. The maximum atomic E-state index is 11.5. The molecule has 1 fully saturated rings. The normalized spacial score (nSPS) is 21.0. The molecule has 3 atom stereocenters. The largest absolute Gasteiger partial charge is 0.468 e. The lowest BCUT2D eigenvalue weighted by Gasteiger charge is -2.06. The Balaban J connectivity index is 1.64. The first-order chi connectivity index (χ1) is 11.1. The van der Waals surface area contributed by atoms with Gasteiger partial charge in [-0.3, -0.25) is 9.59 Å². The van der Waals surface area contributed by atoms with Gasteiger partial charge in [-0.1, -0.05) is 43.3 Å². The minimum Gasteiger partial charge on any atom is -0.468 e. The number of carbonyl (C=O) groups excluding carboxylic acids is 2. The maximum absolute atomic E-state index is 11.5. The van der Waals surface area contributed by atoms with Crippen LogP contribution in [0.2, 0.25) is 0 Å². The van der Waals surface area contributed by atoms with Gasteiger partial charge in [0.25, 0.3) is 0 Å². The molecule has 1 aromatic carbocycles. The number of rotatable bonds is 8. The van der Waals surface area contributed by atoms with E-state index in [1.54, 1.807) is 0 Å². The zero-order chi connectivity index (χ0) is 16.7. The van der Waals surface area contributed by atoms with Gasteiger partial charge < -0.3 is 14.8 Å². The van der Waals surface area contributed by atoms with Gasteiger partial charge in [-0.25, -0.2) is 0 Å². The lowest BCUT2D eigenvalue weighted by molar-refractivity contribution is -0.140. The molecule has 1 N–H and O–H groups in total. The van der Waals surface area contributed by atoms with Gasteiger partial charge >= 0.3 is 5.97 Å². The summed E-state index contributed by atoms with van der Waals surface area (Å²) in [5.41, 5.74) is 1.22. The Morgan fingerprint density at radius 2 is 2.09 bits per heavy atom. The molecule has 1 aliphatic rings. The van der Waals surface area contributed by atoms with Crippen molar-refractivity contribution in [2.75, 3.05) is 13.7 Å². The SMILES string of the molecule is COC(=O)CNC(=O)/C=C/CCC(C)C1OC1c1ccccc1. The predicted molar refractivity (Wildman–Crippen MR) is 86.6 cm³/mol. The van der Waals surface area contributed by atoms with Gasteiger partial charge in [-0.05, 0) is 30.4 Å². The summed E-state index contributed by atoms with van der Waals surface area (Å²) in [6.45, 7) is 2.06. The van der Waals surface area contributed by atoms with Crippen molar-refractivity contribution >= 4 is 11.9 Å². The zero-order valence-corrected chi connectivity index (χ0v) is 13.5. The van der Waals surface area contributed by atoms with E-state index >= 15 is 0 Å². The lowest BCUT2D eigenvalue weighted by Crippen LogP contribution is -2.28. The molecule has 1 aromatic rings. The second-order valence-corrected chi connectivity index (χ2v) is 5.68. The standard InChI is InChI=1S/C18H23NO4/c1-13(17-18(23-17)14-9-4-3-5-10-14)8-6-7-11-15(20)19-12-16(21)22-2/h3-5,7,9-11,13,17-18H,6,8,12H2,1-2H3,(H,19,20)/b11-7+. The Bertz CT molecular complexity index is 555. The highest BCUT2D eigenvalue weighted by atomic mass is 16.6. The van der Waals surface area contributed by atoms with Gasteiger partial charge in [-0.15, -0.1) is 0 Å². The number of ether oxygens (including phenoxy) is 2. The fourth-order valence-corrected chi connectivity index (χ4v) is 2.47. The molecule has 1 saturated heterocycles. The molecular weight excluding hydrogens is 294 g/mol. The Morgan fingerprint density at radius 3 is 2.78 bits per heavy atom. The van der Waals surface area contributed by atoms with Crippen LogP contribution in [-0.2, 0) is 19.1 Å². The van der Waals surface area contributed by atoms with E-state index in [0.29, 0.717) is 5.92 Å². The number of allylic oxidation sites excluding steroid dienone is 1. The fourth-order valence-electron chi connectivity index (χ4n) is 2.47. The van der Waals surface area contributed by atoms with Crippen molar-refractivity contribution in [3.05, 3.63) is 48.0 Å². The first kappa shape index (κ1) is 17.2.